The van der Waals surface area contributed by atoms with Crippen LogP contribution >= 0.6 is 22.9 Å². The molecule has 102 valence electrons. The molecule has 0 fully saturated rings. The molecule has 0 spiro atoms. The molecule has 1 atom stereocenters. The fourth-order valence-electron chi connectivity index (χ4n) is 2.50. The Balaban J connectivity index is 1.95. The summed E-state index contributed by atoms with van der Waals surface area (Å²) in [4.78, 5) is 1.08. The molecule has 0 radical (unpaired) electrons. The van der Waals surface area contributed by atoms with Crippen molar-refractivity contribution in [1.82, 2.24) is 0 Å². The third-order valence-electron chi connectivity index (χ3n) is 3.58. The van der Waals surface area contributed by atoms with Gasteiger partial charge in [-0.1, -0.05) is 54.1 Å². The molecular weight excluding hydrogens is 286 g/mol. The Morgan fingerprint density at radius 2 is 1.90 bits per heavy atom. The van der Waals surface area contributed by atoms with Crippen LogP contribution in [-0.4, -0.2) is 0 Å². The third kappa shape index (κ3) is 2.47. The average Bonchev–Trinajstić information content (AvgIpc) is 2.79. The van der Waals surface area contributed by atoms with Crippen LogP contribution in [0.3, 0.4) is 0 Å². The van der Waals surface area contributed by atoms with Gasteiger partial charge in [0.2, 0.25) is 0 Å². The standard InChI is InChI=1S/C17H16ClNS/c1-11-10-20-17(16(11)18)15(19)9-13-7-4-6-12-5-2-3-8-14(12)13/h2-8,10,15H,9,19H2,1H3. The van der Waals surface area contributed by atoms with Crippen molar-refractivity contribution in [1.29, 1.82) is 0 Å². The highest BCUT2D eigenvalue weighted by molar-refractivity contribution is 7.10. The van der Waals surface area contributed by atoms with Gasteiger partial charge in [0.15, 0.2) is 0 Å². The molecule has 0 amide bonds. The fourth-order valence-corrected chi connectivity index (χ4v) is 3.84. The Labute approximate surface area is 128 Å². The van der Waals surface area contributed by atoms with Crippen molar-refractivity contribution < 1.29 is 0 Å². The molecule has 0 saturated carbocycles. The second kappa shape index (κ2) is 5.57. The molecule has 3 heteroatoms. The van der Waals surface area contributed by atoms with Crippen LogP contribution in [0, 0.1) is 6.92 Å². The topological polar surface area (TPSA) is 26.0 Å². The van der Waals surface area contributed by atoms with Gasteiger partial charge in [0.25, 0.3) is 0 Å². The van der Waals surface area contributed by atoms with E-state index in [0.29, 0.717) is 0 Å². The minimum absolute atomic E-state index is 0.0491. The lowest BCUT2D eigenvalue weighted by molar-refractivity contribution is 0.740. The lowest BCUT2D eigenvalue weighted by Crippen LogP contribution is -2.12. The number of hydrogen-bond acceptors (Lipinski definition) is 2. The first-order valence-electron chi connectivity index (χ1n) is 6.62. The Kier molecular flexibility index (Phi) is 3.79. The van der Waals surface area contributed by atoms with E-state index in [4.69, 9.17) is 17.3 Å². The van der Waals surface area contributed by atoms with Crippen LogP contribution < -0.4 is 5.73 Å². The van der Waals surface area contributed by atoms with Crippen molar-refractivity contribution in [2.75, 3.05) is 0 Å². The average molecular weight is 302 g/mol. The van der Waals surface area contributed by atoms with E-state index in [1.807, 2.05) is 6.92 Å². The highest BCUT2D eigenvalue weighted by Gasteiger charge is 2.15. The number of aryl methyl sites for hydroxylation is 1. The fraction of sp³-hybridized carbons (Fsp3) is 0.176. The first-order chi connectivity index (χ1) is 9.66. The van der Waals surface area contributed by atoms with Crippen molar-refractivity contribution >= 4 is 33.7 Å². The highest BCUT2D eigenvalue weighted by Crippen LogP contribution is 2.33. The molecule has 0 aliphatic heterocycles. The van der Waals surface area contributed by atoms with Gasteiger partial charge in [-0.3, -0.25) is 0 Å². The lowest BCUT2D eigenvalue weighted by Gasteiger charge is -2.13. The number of nitrogens with two attached hydrogens (primary N) is 1. The Morgan fingerprint density at radius 1 is 1.15 bits per heavy atom. The van der Waals surface area contributed by atoms with E-state index >= 15 is 0 Å². The number of halogens is 1. The summed E-state index contributed by atoms with van der Waals surface area (Å²) in [6, 6.07) is 14.7. The van der Waals surface area contributed by atoms with Crippen molar-refractivity contribution in [3.05, 3.63) is 68.9 Å². The molecule has 1 heterocycles. The van der Waals surface area contributed by atoms with Gasteiger partial charge in [-0.15, -0.1) is 11.3 Å². The largest absolute Gasteiger partial charge is 0.323 e. The van der Waals surface area contributed by atoms with E-state index in [2.05, 4.69) is 47.8 Å². The minimum atomic E-state index is -0.0491. The molecule has 0 bridgehead atoms. The smallest absolute Gasteiger partial charge is 0.0590 e. The summed E-state index contributed by atoms with van der Waals surface area (Å²) in [7, 11) is 0. The number of benzene rings is 2. The maximum atomic E-state index is 6.36. The lowest BCUT2D eigenvalue weighted by atomic mass is 9.98. The second-order valence-electron chi connectivity index (χ2n) is 5.05. The summed E-state index contributed by atoms with van der Waals surface area (Å²) in [6.45, 7) is 2.02. The van der Waals surface area contributed by atoms with Gasteiger partial charge in [-0.25, -0.2) is 0 Å². The number of fused-ring (bicyclic) bond motifs is 1. The SMILES string of the molecule is Cc1csc(C(N)Cc2cccc3ccccc23)c1Cl. The molecule has 0 aliphatic carbocycles. The molecule has 1 unspecified atom stereocenters. The molecule has 1 aromatic heterocycles. The summed E-state index contributed by atoms with van der Waals surface area (Å²) in [5.74, 6) is 0. The molecule has 2 aromatic carbocycles. The van der Waals surface area contributed by atoms with Crippen LogP contribution in [0.1, 0.15) is 22.0 Å². The van der Waals surface area contributed by atoms with Crippen LogP contribution in [0.5, 0.6) is 0 Å². The van der Waals surface area contributed by atoms with Crippen molar-refractivity contribution in [3.63, 3.8) is 0 Å². The van der Waals surface area contributed by atoms with Gasteiger partial charge in [-0.2, -0.15) is 0 Å². The molecule has 1 nitrogen and oxygen atoms in total. The quantitative estimate of drug-likeness (QED) is 0.715. The van der Waals surface area contributed by atoms with Gasteiger partial charge in [-0.05, 0) is 40.6 Å². The Morgan fingerprint density at radius 3 is 2.65 bits per heavy atom. The monoisotopic (exact) mass is 301 g/mol. The van der Waals surface area contributed by atoms with Gasteiger partial charge >= 0.3 is 0 Å². The number of rotatable bonds is 3. The second-order valence-corrected chi connectivity index (χ2v) is 6.34. The van der Waals surface area contributed by atoms with Crippen molar-refractivity contribution in [2.24, 2.45) is 5.73 Å². The normalized spacial score (nSPS) is 12.8. The van der Waals surface area contributed by atoms with E-state index < -0.39 is 0 Å². The summed E-state index contributed by atoms with van der Waals surface area (Å²) in [5, 5.41) is 5.42. The van der Waals surface area contributed by atoms with Crippen LogP contribution in [-0.2, 0) is 6.42 Å². The number of thiophene rings is 1. The molecular formula is C17H16ClNS. The third-order valence-corrected chi connectivity index (χ3v) is 5.43. The maximum absolute atomic E-state index is 6.36. The first-order valence-corrected chi connectivity index (χ1v) is 7.88. The van der Waals surface area contributed by atoms with Gasteiger partial charge in [0.1, 0.15) is 0 Å². The van der Waals surface area contributed by atoms with E-state index in [1.165, 1.54) is 16.3 Å². The molecule has 2 N–H and O–H groups in total. The Hall–Kier alpha value is -1.35. The first kappa shape index (κ1) is 13.6. The van der Waals surface area contributed by atoms with Crippen molar-refractivity contribution in [3.8, 4) is 0 Å². The molecule has 3 rings (SSSR count). The zero-order valence-electron chi connectivity index (χ0n) is 11.3. The highest BCUT2D eigenvalue weighted by atomic mass is 35.5. The number of hydrogen-bond donors (Lipinski definition) is 1. The molecule has 20 heavy (non-hydrogen) atoms. The van der Waals surface area contributed by atoms with Gasteiger partial charge in [0.05, 0.1) is 5.02 Å². The van der Waals surface area contributed by atoms with Crippen molar-refractivity contribution in [2.45, 2.75) is 19.4 Å². The van der Waals surface area contributed by atoms with Gasteiger partial charge < -0.3 is 5.73 Å². The zero-order chi connectivity index (χ0) is 14.1. The predicted octanol–water partition coefficient (Wildman–Crippen LogP) is 5.11. The molecule has 0 saturated heterocycles. The summed E-state index contributed by atoms with van der Waals surface area (Å²) in [6.07, 6.45) is 0.807. The summed E-state index contributed by atoms with van der Waals surface area (Å²) < 4.78 is 0. The summed E-state index contributed by atoms with van der Waals surface area (Å²) in [5.41, 5.74) is 8.75. The van der Waals surface area contributed by atoms with Crippen LogP contribution in [0.4, 0.5) is 0 Å². The maximum Gasteiger partial charge on any atom is 0.0590 e. The predicted molar refractivity (Wildman–Crippen MR) is 88.6 cm³/mol. The van der Waals surface area contributed by atoms with Crippen LogP contribution in [0.2, 0.25) is 5.02 Å². The van der Waals surface area contributed by atoms with E-state index in [-0.39, 0.29) is 6.04 Å². The zero-order valence-corrected chi connectivity index (χ0v) is 12.8. The van der Waals surface area contributed by atoms with E-state index in [9.17, 15) is 0 Å². The molecule has 0 aliphatic rings. The van der Waals surface area contributed by atoms with Crippen LogP contribution in [0.25, 0.3) is 10.8 Å². The van der Waals surface area contributed by atoms with E-state index in [1.54, 1.807) is 11.3 Å². The van der Waals surface area contributed by atoms with E-state index in [0.717, 1.165) is 21.9 Å². The van der Waals surface area contributed by atoms with Crippen LogP contribution in [0.15, 0.2) is 47.8 Å². The molecule has 3 aromatic rings. The summed E-state index contributed by atoms with van der Waals surface area (Å²) >= 11 is 7.97. The Bertz CT molecular complexity index is 742. The van der Waals surface area contributed by atoms with Gasteiger partial charge in [0, 0.05) is 10.9 Å². The minimum Gasteiger partial charge on any atom is -0.323 e.